The van der Waals surface area contributed by atoms with E-state index >= 15 is 0 Å². The molecule has 4 aliphatic heterocycles. The summed E-state index contributed by atoms with van der Waals surface area (Å²) in [6.45, 7) is 3.45. The van der Waals surface area contributed by atoms with Crippen LogP contribution in [-0.4, -0.2) is 64.5 Å². The van der Waals surface area contributed by atoms with Crippen molar-refractivity contribution in [3.8, 4) is 0 Å². The lowest BCUT2D eigenvalue weighted by molar-refractivity contribution is -0.139. The molecule has 0 aromatic heterocycles. The first-order valence-corrected chi connectivity index (χ1v) is 18.2. The highest BCUT2D eigenvalue weighted by atomic mass is 16.3. The van der Waals surface area contributed by atoms with Crippen LogP contribution in [-0.2, 0) is 44.3 Å². The van der Waals surface area contributed by atoms with Crippen LogP contribution in [0.25, 0.3) is 0 Å². The van der Waals surface area contributed by atoms with E-state index in [2.05, 4.69) is 0 Å². The van der Waals surface area contributed by atoms with Gasteiger partial charge in [0.25, 0.3) is 5.91 Å². The fourth-order valence-electron chi connectivity index (χ4n) is 8.09. The Balaban J connectivity index is 1.16. The van der Waals surface area contributed by atoms with E-state index in [1.165, 1.54) is 0 Å². The Labute approximate surface area is 299 Å². The summed E-state index contributed by atoms with van der Waals surface area (Å²) < 4.78 is 0. The maximum Gasteiger partial charge on any atom is 0.264 e. The van der Waals surface area contributed by atoms with E-state index in [1.807, 2.05) is 60.7 Å². The molecular formula is C41H46N4O6. The third kappa shape index (κ3) is 6.58. The summed E-state index contributed by atoms with van der Waals surface area (Å²) in [7, 11) is 0. The summed E-state index contributed by atoms with van der Waals surface area (Å²) >= 11 is 0. The van der Waals surface area contributed by atoms with Crippen molar-refractivity contribution in [1.82, 2.24) is 4.90 Å². The number of rotatable bonds is 9. The average molecular weight is 691 g/mol. The van der Waals surface area contributed by atoms with Gasteiger partial charge in [-0.1, -0.05) is 55.5 Å². The van der Waals surface area contributed by atoms with Crippen molar-refractivity contribution >= 4 is 40.7 Å². The summed E-state index contributed by atoms with van der Waals surface area (Å²) in [5.41, 5.74) is 3.47. The van der Waals surface area contributed by atoms with Gasteiger partial charge >= 0.3 is 0 Å². The van der Waals surface area contributed by atoms with Gasteiger partial charge in [-0.15, -0.1) is 0 Å². The van der Waals surface area contributed by atoms with Gasteiger partial charge in [-0.2, -0.15) is 0 Å². The number of hydrogen-bond acceptors (Lipinski definition) is 6. The monoisotopic (exact) mass is 690 g/mol. The van der Waals surface area contributed by atoms with Crippen LogP contribution < -0.4 is 14.7 Å². The number of aliphatic hydroxyl groups excluding tert-OH is 1. The molecule has 4 aliphatic rings. The predicted molar refractivity (Wildman–Crippen MR) is 195 cm³/mol. The molecule has 0 radical (unpaired) electrons. The first-order chi connectivity index (χ1) is 24.7. The van der Waals surface area contributed by atoms with Gasteiger partial charge in [0.15, 0.2) is 5.60 Å². The Morgan fingerprint density at radius 3 is 2.25 bits per heavy atom. The molecule has 10 nitrogen and oxygen atoms in total. The lowest BCUT2D eigenvalue weighted by atomic mass is 9.82. The number of anilines is 3. The Morgan fingerprint density at radius 1 is 0.882 bits per heavy atom. The van der Waals surface area contributed by atoms with Gasteiger partial charge in [0, 0.05) is 61.8 Å². The standard InChI is InChI=1S/C41H46N4O6/c1-28(10-8-17-39(49)44-26-31-13-3-2-12-30(31)23-34(44)27-46)41(51)35-24-33(43-21-7-5-16-38(43)48)18-19-36(35)45(40(41)50)25-29-11-9-14-32(22-29)42-20-6-4-15-37(42)47/h2-3,8-14,18-19,22,24,28,34,46,51H,4-7,15-17,20-21,23,25-27H2,1H3/b10-8+/t28-,34-,41+/m0/s1. The van der Waals surface area contributed by atoms with Crippen molar-refractivity contribution < 1.29 is 29.4 Å². The second-order valence-corrected chi connectivity index (χ2v) is 14.3. The van der Waals surface area contributed by atoms with Crippen LogP contribution in [0.15, 0.2) is 78.9 Å². The molecule has 3 atom stereocenters. The molecule has 4 heterocycles. The van der Waals surface area contributed by atoms with Crippen molar-refractivity contribution in [3.05, 3.63) is 101 Å². The van der Waals surface area contributed by atoms with Gasteiger partial charge in [0.1, 0.15) is 0 Å². The van der Waals surface area contributed by atoms with Crippen LogP contribution in [0.5, 0.6) is 0 Å². The largest absolute Gasteiger partial charge is 0.394 e. The third-order valence-corrected chi connectivity index (χ3v) is 11.0. The van der Waals surface area contributed by atoms with Gasteiger partial charge in [0.05, 0.1) is 24.9 Å². The van der Waals surface area contributed by atoms with Gasteiger partial charge in [0.2, 0.25) is 17.7 Å². The highest BCUT2D eigenvalue weighted by Crippen LogP contribution is 2.47. The maximum atomic E-state index is 14.5. The summed E-state index contributed by atoms with van der Waals surface area (Å²) in [6, 6.07) is 20.7. The number of carbonyl (C=O) groups excluding carboxylic acids is 4. The first-order valence-electron chi connectivity index (χ1n) is 18.2. The normalized spacial score (nSPS) is 22.8. The van der Waals surface area contributed by atoms with Crippen LogP contribution in [0.4, 0.5) is 17.1 Å². The van der Waals surface area contributed by atoms with Crippen LogP contribution in [0.3, 0.4) is 0 Å². The highest BCUT2D eigenvalue weighted by Gasteiger charge is 2.53. The second-order valence-electron chi connectivity index (χ2n) is 14.3. The van der Waals surface area contributed by atoms with Crippen molar-refractivity contribution in [1.29, 1.82) is 0 Å². The number of nitrogens with zero attached hydrogens (tertiary/aromatic N) is 4. The molecule has 2 fully saturated rings. The lowest BCUT2D eigenvalue weighted by Gasteiger charge is -2.36. The van der Waals surface area contributed by atoms with Crippen molar-refractivity contribution in [3.63, 3.8) is 0 Å². The van der Waals surface area contributed by atoms with E-state index in [-0.39, 0.29) is 43.3 Å². The fraction of sp³-hybridized carbons (Fsp3) is 0.415. The number of benzene rings is 3. The molecule has 3 aromatic carbocycles. The molecule has 4 amide bonds. The topological polar surface area (TPSA) is 122 Å². The minimum absolute atomic E-state index is 0.0166. The van der Waals surface area contributed by atoms with E-state index in [9.17, 15) is 29.4 Å². The third-order valence-electron chi connectivity index (χ3n) is 11.0. The van der Waals surface area contributed by atoms with Gasteiger partial charge in [-0.3, -0.25) is 19.2 Å². The number of aliphatic hydroxyl groups is 2. The number of piperidine rings is 2. The molecule has 2 N–H and O–H groups in total. The van der Waals surface area contributed by atoms with E-state index < -0.39 is 17.4 Å². The second kappa shape index (κ2) is 14.4. The summed E-state index contributed by atoms with van der Waals surface area (Å²) in [5.74, 6) is -1.25. The Bertz CT molecular complexity index is 1870. The molecular weight excluding hydrogens is 644 g/mol. The number of fused-ring (bicyclic) bond motifs is 2. The smallest absolute Gasteiger partial charge is 0.264 e. The minimum atomic E-state index is -1.96. The van der Waals surface area contributed by atoms with Crippen molar-refractivity contribution in [2.45, 2.75) is 83.0 Å². The average Bonchev–Trinajstić information content (AvgIpc) is 3.36. The molecule has 10 heteroatoms. The van der Waals surface area contributed by atoms with E-state index in [4.69, 9.17) is 0 Å². The summed E-state index contributed by atoms with van der Waals surface area (Å²) in [6.07, 6.45) is 8.55. The zero-order valence-electron chi connectivity index (χ0n) is 29.2. The van der Waals surface area contributed by atoms with E-state index in [1.54, 1.807) is 44.7 Å². The molecule has 51 heavy (non-hydrogen) atoms. The van der Waals surface area contributed by atoms with Crippen LogP contribution in [0, 0.1) is 5.92 Å². The Kier molecular flexibility index (Phi) is 9.81. The SMILES string of the molecule is C[C@@H](/C=C/CC(=O)N1Cc2ccccc2C[C@H]1CO)[C@]1(O)C(=O)N(Cc2cccc(N3CCCCC3=O)c2)c2ccc(N3CCCCC3=O)cc21. The molecule has 0 aliphatic carbocycles. The Morgan fingerprint density at radius 2 is 1.57 bits per heavy atom. The van der Waals surface area contributed by atoms with Crippen LogP contribution >= 0.6 is 0 Å². The molecule has 3 aromatic rings. The zero-order valence-corrected chi connectivity index (χ0v) is 29.2. The maximum absolute atomic E-state index is 14.5. The highest BCUT2D eigenvalue weighted by molar-refractivity contribution is 6.08. The minimum Gasteiger partial charge on any atom is -0.394 e. The number of hydrogen-bond donors (Lipinski definition) is 2. The van der Waals surface area contributed by atoms with Crippen molar-refractivity contribution in [2.75, 3.05) is 34.4 Å². The van der Waals surface area contributed by atoms with Gasteiger partial charge in [-0.25, -0.2) is 0 Å². The van der Waals surface area contributed by atoms with Gasteiger partial charge < -0.3 is 29.8 Å². The van der Waals surface area contributed by atoms with Gasteiger partial charge in [-0.05, 0) is 79.1 Å². The molecule has 2 saturated heterocycles. The number of amides is 4. The van der Waals surface area contributed by atoms with E-state index in [0.717, 1.165) is 48.1 Å². The lowest BCUT2D eigenvalue weighted by Crippen LogP contribution is -2.46. The molecule has 266 valence electrons. The van der Waals surface area contributed by atoms with Crippen LogP contribution in [0.1, 0.15) is 74.1 Å². The van der Waals surface area contributed by atoms with Crippen LogP contribution in [0.2, 0.25) is 0 Å². The molecule has 0 saturated carbocycles. The van der Waals surface area contributed by atoms with Crippen molar-refractivity contribution in [2.24, 2.45) is 5.92 Å². The molecule has 0 unspecified atom stereocenters. The molecule has 0 bridgehead atoms. The molecule has 7 rings (SSSR count). The summed E-state index contributed by atoms with van der Waals surface area (Å²) in [4.78, 5) is 60.3. The quantitative estimate of drug-likeness (QED) is 0.306. The predicted octanol–water partition coefficient (Wildman–Crippen LogP) is 4.98. The number of carbonyl (C=O) groups is 4. The van der Waals surface area contributed by atoms with E-state index in [0.29, 0.717) is 55.8 Å². The summed E-state index contributed by atoms with van der Waals surface area (Å²) in [5, 5.41) is 22.6. The first kappa shape index (κ1) is 34.6. The fourth-order valence-corrected chi connectivity index (χ4v) is 8.09. The zero-order chi connectivity index (χ0) is 35.7. The Hall–Kier alpha value is -4.80. The molecule has 0 spiro atoms.